The fourth-order valence-corrected chi connectivity index (χ4v) is 2.73. The summed E-state index contributed by atoms with van der Waals surface area (Å²) in [5, 5.41) is 10.8. The highest BCUT2D eigenvalue weighted by molar-refractivity contribution is 7.98. The minimum Gasteiger partial charge on any atom is -0.388 e. The molecule has 0 saturated heterocycles. The topological polar surface area (TPSA) is 20.2 Å². The van der Waals surface area contributed by atoms with Gasteiger partial charge in [-0.05, 0) is 23.3 Å². The van der Waals surface area contributed by atoms with Gasteiger partial charge in [0.25, 0.3) is 0 Å². The molecule has 0 aliphatic heterocycles. The Balaban J connectivity index is 1.80. The van der Waals surface area contributed by atoms with Crippen LogP contribution in [-0.2, 0) is 5.75 Å². The molecule has 1 unspecified atom stereocenters. The van der Waals surface area contributed by atoms with Crippen molar-refractivity contribution in [2.75, 3.05) is 5.75 Å². The van der Waals surface area contributed by atoms with Gasteiger partial charge in [-0.25, -0.2) is 0 Å². The van der Waals surface area contributed by atoms with Gasteiger partial charge in [-0.3, -0.25) is 0 Å². The highest BCUT2D eigenvalue weighted by atomic mass is 35.5. The highest BCUT2D eigenvalue weighted by Gasteiger charge is 2.06. The molecule has 0 fully saturated rings. The third kappa shape index (κ3) is 4.05. The molecule has 1 atom stereocenters. The summed E-state index contributed by atoms with van der Waals surface area (Å²) in [7, 11) is 0. The summed E-state index contributed by atoms with van der Waals surface area (Å²) in [4.78, 5) is 0. The van der Waals surface area contributed by atoms with Crippen LogP contribution in [0.2, 0.25) is 5.02 Å². The average Bonchev–Trinajstić information content (AvgIpc) is 2.42. The molecule has 0 heterocycles. The number of aliphatic hydroxyl groups is 1. The molecule has 3 heteroatoms. The van der Waals surface area contributed by atoms with E-state index in [1.165, 1.54) is 5.56 Å². The van der Waals surface area contributed by atoms with E-state index in [4.69, 9.17) is 11.6 Å². The molecule has 2 rings (SSSR count). The van der Waals surface area contributed by atoms with Crippen molar-refractivity contribution in [3.05, 3.63) is 70.7 Å². The second-order valence-corrected chi connectivity index (χ2v) is 5.53. The van der Waals surface area contributed by atoms with Crippen LogP contribution in [0.1, 0.15) is 17.2 Å². The Morgan fingerprint density at radius 2 is 1.67 bits per heavy atom. The molecule has 0 aliphatic rings. The first-order valence-electron chi connectivity index (χ1n) is 5.81. The van der Waals surface area contributed by atoms with E-state index in [9.17, 15) is 5.11 Å². The zero-order valence-electron chi connectivity index (χ0n) is 9.92. The van der Waals surface area contributed by atoms with Crippen LogP contribution >= 0.6 is 23.4 Å². The smallest absolute Gasteiger partial charge is 0.0880 e. The Morgan fingerprint density at radius 1 is 1.00 bits per heavy atom. The monoisotopic (exact) mass is 278 g/mol. The van der Waals surface area contributed by atoms with Crippen LogP contribution in [0.5, 0.6) is 0 Å². The van der Waals surface area contributed by atoms with Crippen molar-refractivity contribution in [2.24, 2.45) is 0 Å². The number of aliphatic hydroxyl groups excluding tert-OH is 1. The molecule has 0 amide bonds. The third-order valence-corrected chi connectivity index (χ3v) is 3.98. The Hall–Kier alpha value is -0.960. The van der Waals surface area contributed by atoms with Crippen molar-refractivity contribution in [3.8, 4) is 0 Å². The Labute approximate surface area is 117 Å². The lowest BCUT2D eigenvalue weighted by molar-refractivity contribution is 0.204. The first kappa shape index (κ1) is 13.5. The molecular formula is C15H15ClOS. The highest BCUT2D eigenvalue weighted by Crippen LogP contribution is 2.21. The number of rotatable bonds is 5. The molecule has 1 N–H and O–H groups in total. The maximum absolute atomic E-state index is 10.0. The standard InChI is InChI=1S/C15H15ClOS/c16-14-8-6-12(7-9-14)10-18-11-15(17)13-4-2-1-3-5-13/h1-9,15,17H,10-11H2. The quantitative estimate of drug-likeness (QED) is 0.880. The summed E-state index contributed by atoms with van der Waals surface area (Å²) in [6.07, 6.45) is -0.400. The summed E-state index contributed by atoms with van der Waals surface area (Å²) in [5.41, 5.74) is 2.20. The summed E-state index contributed by atoms with van der Waals surface area (Å²) in [5.74, 6) is 1.59. The van der Waals surface area contributed by atoms with Crippen LogP contribution in [0.25, 0.3) is 0 Å². The Kier molecular flexibility index (Phi) is 5.12. The maximum Gasteiger partial charge on any atom is 0.0880 e. The molecule has 94 valence electrons. The normalized spacial score (nSPS) is 12.3. The fraction of sp³-hybridized carbons (Fsp3) is 0.200. The van der Waals surface area contributed by atoms with E-state index in [1.54, 1.807) is 11.8 Å². The van der Waals surface area contributed by atoms with Crippen LogP contribution in [0.3, 0.4) is 0 Å². The average molecular weight is 279 g/mol. The number of hydrogen-bond donors (Lipinski definition) is 1. The molecule has 0 bridgehead atoms. The van der Waals surface area contributed by atoms with E-state index >= 15 is 0 Å². The summed E-state index contributed by atoms with van der Waals surface area (Å²) in [6.45, 7) is 0. The minimum absolute atomic E-state index is 0.400. The Bertz CT molecular complexity index is 470. The summed E-state index contributed by atoms with van der Waals surface area (Å²) in [6, 6.07) is 17.6. The van der Waals surface area contributed by atoms with Crippen molar-refractivity contribution in [2.45, 2.75) is 11.9 Å². The number of benzene rings is 2. The SMILES string of the molecule is OC(CSCc1ccc(Cl)cc1)c1ccccc1. The van der Waals surface area contributed by atoms with Gasteiger partial charge in [0.1, 0.15) is 0 Å². The minimum atomic E-state index is -0.400. The van der Waals surface area contributed by atoms with E-state index in [-0.39, 0.29) is 0 Å². The zero-order valence-corrected chi connectivity index (χ0v) is 11.5. The maximum atomic E-state index is 10.0. The number of thioether (sulfide) groups is 1. The second-order valence-electron chi connectivity index (χ2n) is 4.07. The molecule has 0 aromatic heterocycles. The van der Waals surface area contributed by atoms with Crippen LogP contribution in [-0.4, -0.2) is 10.9 Å². The van der Waals surface area contributed by atoms with E-state index in [0.29, 0.717) is 5.75 Å². The lowest BCUT2D eigenvalue weighted by Crippen LogP contribution is -2.00. The molecule has 0 aliphatic carbocycles. The van der Waals surface area contributed by atoms with E-state index < -0.39 is 6.10 Å². The zero-order chi connectivity index (χ0) is 12.8. The van der Waals surface area contributed by atoms with Crippen molar-refractivity contribution >= 4 is 23.4 Å². The van der Waals surface area contributed by atoms with Crippen LogP contribution in [0.15, 0.2) is 54.6 Å². The fourth-order valence-electron chi connectivity index (χ4n) is 1.64. The predicted octanol–water partition coefficient (Wildman–Crippen LogP) is 4.31. The first-order valence-corrected chi connectivity index (χ1v) is 7.34. The molecule has 0 saturated carbocycles. The van der Waals surface area contributed by atoms with E-state index in [1.807, 2.05) is 54.6 Å². The predicted molar refractivity (Wildman–Crippen MR) is 79.0 cm³/mol. The molecule has 18 heavy (non-hydrogen) atoms. The van der Waals surface area contributed by atoms with Crippen LogP contribution in [0, 0.1) is 0 Å². The van der Waals surface area contributed by atoms with Crippen molar-refractivity contribution in [1.29, 1.82) is 0 Å². The lowest BCUT2D eigenvalue weighted by Gasteiger charge is -2.10. The lowest BCUT2D eigenvalue weighted by atomic mass is 10.1. The third-order valence-electron chi connectivity index (χ3n) is 2.64. The van der Waals surface area contributed by atoms with Gasteiger partial charge in [-0.2, -0.15) is 11.8 Å². The number of halogens is 1. The summed E-state index contributed by atoms with van der Waals surface area (Å²) < 4.78 is 0. The second kappa shape index (κ2) is 6.83. The van der Waals surface area contributed by atoms with Gasteiger partial charge in [0.15, 0.2) is 0 Å². The van der Waals surface area contributed by atoms with Crippen molar-refractivity contribution < 1.29 is 5.11 Å². The van der Waals surface area contributed by atoms with Gasteiger partial charge in [0.05, 0.1) is 6.10 Å². The molecule has 0 radical (unpaired) electrons. The largest absolute Gasteiger partial charge is 0.388 e. The van der Waals surface area contributed by atoms with E-state index in [0.717, 1.165) is 16.3 Å². The first-order chi connectivity index (χ1) is 8.75. The van der Waals surface area contributed by atoms with Gasteiger partial charge in [0, 0.05) is 16.5 Å². The van der Waals surface area contributed by atoms with Crippen molar-refractivity contribution in [1.82, 2.24) is 0 Å². The van der Waals surface area contributed by atoms with Crippen LogP contribution < -0.4 is 0 Å². The molecular weight excluding hydrogens is 264 g/mol. The summed E-state index contributed by atoms with van der Waals surface area (Å²) >= 11 is 7.55. The molecule has 2 aromatic carbocycles. The van der Waals surface area contributed by atoms with Gasteiger partial charge in [0.2, 0.25) is 0 Å². The molecule has 0 spiro atoms. The molecule has 2 aromatic rings. The molecule has 1 nitrogen and oxygen atoms in total. The van der Waals surface area contributed by atoms with Crippen molar-refractivity contribution in [3.63, 3.8) is 0 Å². The van der Waals surface area contributed by atoms with Gasteiger partial charge >= 0.3 is 0 Å². The number of hydrogen-bond acceptors (Lipinski definition) is 2. The van der Waals surface area contributed by atoms with Gasteiger partial charge < -0.3 is 5.11 Å². The van der Waals surface area contributed by atoms with E-state index in [2.05, 4.69) is 0 Å². The van der Waals surface area contributed by atoms with Gasteiger partial charge in [-0.1, -0.05) is 54.1 Å². The Morgan fingerprint density at radius 3 is 2.33 bits per heavy atom. The van der Waals surface area contributed by atoms with Crippen LogP contribution in [0.4, 0.5) is 0 Å². The van der Waals surface area contributed by atoms with Gasteiger partial charge in [-0.15, -0.1) is 0 Å².